The lowest BCUT2D eigenvalue weighted by Crippen LogP contribution is -2.30. The van der Waals surface area contributed by atoms with Gasteiger partial charge in [-0.2, -0.15) is 0 Å². The summed E-state index contributed by atoms with van der Waals surface area (Å²) in [6, 6.07) is 16.4. The Morgan fingerprint density at radius 2 is 1.78 bits per heavy atom. The quantitative estimate of drug-likeness (QED) is 0.498. The van der Waals surface area contributed by atoms with Crippen molar-refractivity contribution in [3.05, 3.63) is 65.7 Å². The minimum absolute atomic E-state index is 0.0869. The van der Waals surface area contributed by atoms with Crippen LogP contribution in [0.3, 0.4) is 0 Å². The molecule has 0 spiro atoms. The Morgan fingerprint density at radius 3 is 2.48 bits per heavy atom. The van der Waals surface area contributed by atoms with Gasteiger partial charge in [-0.15, -0.1) is 11.8 Å². The average Bonchev–Trinajstić information content (AvgIpc) is 2.56. The fourth-order valence-electron chi connectivity index (χ4n) is 2.00. The first-order valence-corrected chi connectivity index (χ1v) is 8.28. The number of benzene rings is 2. The fraction of sp³-hybridized carbons (Fsp3) is 0.222. The van der Waals surface area contributed by atoms with Gasteiger partial charge in [0.1, 0.15) is 0 Å². The van der Waals surface area contributed by atoms with Gasteiger partial charge in [-0.1, -0.05) is 24.3 Å². The Morgan fingerprint density at radius 1 is 1.09 bits per heavy atom. The van der Waals surface area contributed by atoms with E-state index >= 15 is 0 Å². The van der Waals surface area contributed by atoms with Gasteiger partial charge in [0.25, 0.3) is 5.91 Å². The van der Waals surface area contributed by atoms with Gasteiger partial charge in [-0.25, -0.2) is 4.79 Å². The Labute approximate surface area is 140 Å². The van der Waals surface area contributed by atoms with E-state index in [9.17, 15) is 9.59 Å². The van der Waals surface area contributed by atoms with Gasteiger partial charge in [0.05, 0.1) is 17.5 Å². The van der Waals surface area contributed by atoms with E-state index in [1.807, 2.05) is 37.3 Å². The summed E-state index contributed by atoms with van der Waals surface area (Å²) in [6.07, 6.45) is 0. The van der Waals surface area contributed by atoms with Crippen molar-refractivity contribution in [3.63, 3.8) is 0 Å². The van der Waals surface area contributed by atoms with Crippen molar-refractivity contribution < 1.29 is 14.3 Å². The van der Waals surface area contributed by atoms with Crippen LogP contribution < -0.4 is 5.32 Å². The summed E-state index contributed by atoms with van der Waals surface area (Å²) in [6.45, 7) is 3.97. The first-order valence-electron chi connectivity index (χ1n) is 7.40. The van der Waals surface area contributed by atoms with Gasteiger partial charge in [0.15, 0.2) is 0 Å². The Hall–Kier alpha value is -2.27. The third-order valence-corrected chi connectivity index (χ3v) is 4.04. The summed E-state index contributed by atoms with van der Waals surface area (Å²) in [7, 11) is 0. The molecule has 0 aromatic heterocycles. The van der Waals surface area contributed by atoms with Gasteiger partial charge in [0, 0.05) is 10.5 Å². The van der Waals surface area contributed by atoms with Crippen LogP contribution in [-0.4, -0.2) is 23.9 Å². The normalized spacial score (nSPS) is 11.6. The van der Waals surface area contributed by atoms with Crippen LogP contribution in [0.25, 0.3) is 0 Å². The van der Waals surface area contributed by atoms with Crippen molar-refractivity contribution in [1.82, 2.24) is 5.32 Å². The fourth-order valence-corrected chi connectivity index (χ4v) is 2.89. The van der Waals surface area contributed by atoms with Crippen molar-refractivity contribution in [2.24, 2.45) is 0 Å². The lowest BCUT2D eigenvalue weighted by Gasteiger charge is -2.14. The monoisotopic (exact) mass is 329 g/mol. The van der Waals surface area contributed by atoms with Crippen molar-refractivity contribution in [2.75, 3.05) is 6.61 Å². The highest BCUT2D eigenvalue weighted by Gasteiger charge is 2.13. The molecule has 1 amide bonds. The number of nitrogens with one attached hydrogen (secondary N) is 1. The minimum Gasteiger partial charge on any atom is -0.462 e. The molecule has 2 aromatic rings. The van der Waals surface area contributed by atoms with Gasteiger partial charge in [-0.05, 0) is 44.2 Å². The molecule has 23 heavy (non-hydrogen) atoms. The van der Waals surface area contributed by atoms with E-state index < -0.39 is 5.97 Å². The smallest absolute Gasteiger partial charge is 0.338 e. The van der Waals surface area contributed by atoms with Gasteiger partial charge < -0.3 is 10.1 Å². The summed E-state index contributed by atoms with van der Waals surface area (Å²) < 4.78 is 4.95. The standard InChI is InChI=1S/C18H19NO3S/c1-3-22-18(21)15-9-7-8-14(12-15)17(20)19-13(2)23-16-10-5-4-6-11-16/h4-13H,3H2,1-2H3,(H,19,20). The molecule has 1 unspecified atom stereocenters. The van der Waals surface area contributed by atoms with E-state index in [1.165, 1.54) is 0 Å². The molecule has 1 atom stereocenters. The first kappa shape index (κ1) is 17.1. The van der Waals surface area contributed by atoms with E-state index in [-0.39, 0.29) is 11.3 Å². The summed E-state index contributed by atoms with van der Waals surface area (Å²) in [5, 5.41) is 2.83. The highest BCUT2D eigenvalue weighted by atomic mass is 32.2. The maximum absolute atomic E-state index is 12.3. The van der Waals surface area contributed by atoms with Crippen molar-refractivity contribution in [1.29, 1.82) is 0 Å². The number of carbonyl (C=O) groups is 2. The van der Waals surface area contributed by atoms with E-state index in [2.05, 4.69) is 5.32 Å². The number of carbonyl (C=O) groups excluding carboxylic acids is 2. The molecule has 0 saturated carbocycles. The van der Waals surface area contributed by atoms with Crippen molar-refractivity contribution >= 4 is 23.6 Å². The number of hydrogen-bond donors (Lipinski definition) is 1. The van der Waals surface area contributed by atoms with Gasteiger partial charge in [-0.3, -0.25) is 4.79 Å². The third kappa shape index (κ3) is 5.14. The number of esters is 1. The Kier molecular flexibility index (Phi) is 6.23. The molecule has 0 aliphatic carbocycles. The summed E-state index contributed by atoms with van der Waals surface area (Å²) in [5.74, 6) is -0.638. The molecule has 120 valence electrons. The topological polar surface area (TPSA) is 55.4 Å². The van der Waals surface area contributed by atoms with Crippen LogP contribution in [-0.2, 0) is 4.74 Å². The molecule has 0 heterocycles. The number of rotatable bonds is 6. The predicted molar refractivity (Wildman–Crippen MR) is 91.6 cm³/mol. The minimum atomic E-state index is -0.422. The first-order chi connectivity index (χ1) is 11.1. The van der Waals surface area contributed by atoms with Gasteiger partial charge in [0.2, 0.25) is 0 Å². The summed E-state index contributed by atoms with van der Waals surface area (Å²) in [4.78, 5) is 25.1. The maximum atomic E-state index is 12.3. The third-order valence-electron chi connectivity index (χ3n) is 3.03. The van der Waals surface area contributed by atoms with Crippen molar-refractivity contribution in [3.8, 4) is 0 Å². The Bertz CT molecular complexity index is 673. The molecule has 0 saturated heterocycles. The van der Waals surface area contributed by atoms with E-state index in [0.29, 0.717) is 17.7 Å². The molecule has 0 radical (unpaired) electrons. The summed E-state index contributed by atoms with van der Waals surface area (Å²) in [5.41, 5.74) is 0.818. The molecule has 5 heteroatoms. The van der Waals surface area contributed by atoms with Crippen LogP contribution in [0.5, 0.6) is 0 Å². The highest BCUT2D eigenvalue weighted by Crippen LogP contribution is 2.21. The number of hydrogen-bond acceptors (Lipinski definition) is 4. The molecule has 0 aliphatic rings. The largest absolute Gasteiger partial charge is 0.462 e. The molecule has 4 nitrogen and oxygen atoms in total. The predicted octanol–water partition coefficient (Wildman–Crippen LogP) is 3.73. The Balaban J connectivity index is 2.00. The second-order valence-corrected chi connectivity index (χ2v) is 6.26. The number of thioether (sulfide) groups is 1. The average molecular weight is 329 g/mol. The molecule has 2 rings (SSSR count). The SMILES string of the molecule is CCOC(=O)c1cccc(C(=O)NC(C)Sc2ccccc2)c1. The second-order valence-electron chi connectivity index (χ2n) is 4.85. The van der Waals surface area contributed by atoms with Crippen LogP contribution in [0.1, 0.15) is 34.6 Å². The lowest BCUT2D eigenvalue weighted by atomic mass is 10.1. The van der Waals surface area contributed by atoms with Gasteiger partial charge >= 0.3 is 5.97 Å². The van der Waals surface area contributed by atoms with Crippen LogP contribution in [0.2, 0.25) is 0 Å². The molecule has 0 aliphatic heterocycles. The van der Waals surface area contributed by atoms with E-state index in [0.717, 1.165) is 4.90 Å². The number of amides is 1. The molecule has 1 N–H and O–H groups in total. The molecule has 0 fully saturated rings. The van der Waals surface area contributed by atoms with Crippen LogP contribution in [0.4, 0.5) is 0 Å². The zero-order chi connectivity index (χ0) is 16.7. The zero-order valence-corrected chi connectivity index (χ0v) is 13.9. The van der Waals surface area contributed by atoms with Crippen molar-refractivity contribution in [2.45, 2.75) is 24.1 Å². The maximum Gasteiger partial charge on any atom is 0.338 e. The number of ether oxygens (including phenoxy) is 1. The molecular formula is C18H19NO3S. The molecular weight excluding hydrogens is 310 g/mol. The van der Waals surface area contributed by atoms with Crippen LogP contribution in [0.15, 0.2) is 59.5 Å². The highest BCUT2D eigenvalue weighted by molar-refractivity contribution is 7.99. The second kappa shape index (κ2) is 8.39. The van der Waals surface area contributed by atoms with Crippen LogP contribution in [0, 0.1) is 0 Å². The zero-order valence-electron chi connectivity index (χ0n) is 13.1. The molecule has 2 aromatic carbocycles. The summed E-state index contributed by atoms with van der Waals surface area (Å²) >= 11 is 1.56. The van der Waals surface area contributed by atoms with E-state index in [1.54, 1.807) is 43.0 Å². The van der Waals surface area contributed by atoms with E-state index in [4.69, 9.17) is 4.74 Å². The van der Waals surface area contributed by atoms with Crippen LogP contribution >= 0.6 is 11.8 Å². The molecule has 0 bridgehead atoms. The lowest BCUT2D eigenvalue weighted by molar-refractivity contribution is 0.0526.